The van der Waals surface area contributed by atoms with E-state index in [1.807, 2.05) is 0 Å². The third-order valence-electron chi connectivity index (χ3n) is 10.9. The van der Waals surface area contributed by atoms with Crippen LogP contribution in [0.2, 0.25) is 0 Å². The fourth-order valence-corrected chi connectivity index (χ4v) is 9.24. The van der Waals surface area contributed by atoms with E-state index in [0.29, 0.717) is 28.6 Å². The van der Waals surface area contributed by atoms with Crippen molar-refractivity contribution in [3.63, 3.8) is 0 Å². The largest absolute Gasteiger partial charge is 0.390 e. The van der Waals surface area contributed by atoms with E-state index in [-0.39, 0.29) is 17.9 Å². The highest BCUT2D eigenvalue weighted by Crippen LogP contribution is 2.66. The van der Waals surface area contributed by atoms with Crippen LogP contribution in [0.5, 0.6) is 0 Å². The van der Waals surface area contributed by atoms with Crippen LogP contribution in [0.25, 0.3) is 0 Å². The van der Waals surface area contributed by atoms with Gasteiger partial charge in [0, 0.05) is 12.1 Å². The van der Waals surface area contributed by atoms with Crippen LogP contribution >= 0.6 is 0 Å². The van der Waals surface area contributed by atoms with Crippen molar-refractivity contribution in [3.8, 4) is 6.07 Å². The molecule has 5 nitrogen and oxygen atoms in total. The molecule has 0 radical (unpaired) electrons. The molecular formula is C28H41N3O2. The van der Waals surface area contributed by atoms with Crippen LogP contribution in [0.15, 0.2) is 12.4 Å². The summed E-state index contributed by atoms with van der Waals surface area (Å²) in [5.41, 5.74) is 0.438. The molecule has 4 aliphatic carbocycles. The van der Waals surface area contributed by atoms with Gasteiger partial charge in [-0.2, -0.15) is 10.4 Å². The Kier molecular flexibility index (Phi) is 5.75. The van der Waals surface area contributed by atoms with Crippen molar-refractivity contribution < 1.29 is 9.90 Å². The number of ketones is 1. The second-order valence-electron chi connectivity index (χ2n) is 12.7. The smallest absolute Gasteiger partial charge is 0.157 e. The number of rotatable bonds is 3. The maximum atomic E-state index is 13.5. The van der Waals surface area contributed by atoms with Gasteiger partial charge in [-0.1, -0.05) is 26.7 Å². The summed E-state index contributed by atoms with van der Waals surface area (Å²) in [4.78, 5) is 13.5. The minimum atomic E-state index is -0.501. The number of fused-ring (bicyclic) bond motifs is 5. The highest BCUT2D eigenvalue weighted by molar-refractivity contribution is 5.81. The molecule has 5 rings (SSSR count). The normalized spacial score (nSPS) is 45.1. The number of carbonyl (C=O) groups excluding carboxylic acids is 1. The Labute approximate surface area is 198 Å². The molecule has 1 N–H and O–H groups in total. The first-order valence-corrected chi connectivity index (χ1v) is 13.3. The van der Waals surface area contributed by atoms with Crippen molar-refractivity contribution in [2.24, 2.45) is 40.4 Å². The van der Waals surface area contributed by atoms with Crippen molar-refractivity contribution in [2.45, 2.75) is 104 Å². The molecule has 4 aliphatic rings. The average Bonchev–Trinajstić information content (AvgIpc) is 3.17. The third kappa shape index (κ3) is 3.87. The number of nitrogens with zero attached hydrogens (tertiary/aromatic N) is 3. The number of aromatic nitrogens is 2. The van der Waals surface area contributed by atoms with Crippen LogP contribution in [0.1, 0.15) is 97.0 Å². The van der Waals surface area contributed by atoms with Gasteiger partial charge in [0.05, 0.1) is 23.9 Å². The van der Waals surface area contributed by atoms with E-state index in [1.165, 1.54) is 32.1 Å². The van der Waals surface area contributed by atoms with Gasteiger partial charge in [0.25, 0.3) is 0 Å². The molecule has 33 heavy (non-hydrogen) atoms. The van der Waals surface area contributed by atoms with Crippen molar-refractivity contribution in [2.75, 3.05) is 0 Å². The van der Waals surface area contributed by atoms with Crippen molar-refractivity contribution in [3.05, 3.63) is 18.0 Å². The predicted octanol–water partition coefficient (Wildman–Crippen LogP) is 5.51. The molecule has 1 aromatic heterocycles. The Morgan fingerprint density at radius 2 is 1.88 bits per heavy atom. The SMILES string of the molecule is C[C@@]1(O)CCC[C@@]2(C)[C@@H](CC[C@@H]3[C@@H]2CC[C@]2(C)[C@H](C(=O)Cn4cc(C#N)cn4)CCC[C@@H]32)C1. The van der Waals surface area contributed by atoms with Gasteiger partial charge in [0.1, 0.15) is 6.07 Å². The van der Waals surface area contributed by atoms with E-state index in [2.05, 4.69) is 31.9 Å². The Morgan fingerprint density at radius 1 is 1.09 bits per heavy atom. The molecular weight excluding hydrogens is 410 g/mol. The highest BCUT2D eigenvalue weighted by Gasteiger charge is 2.59. The lowest BCUT2D eigenvalue weighted by Crippen LogP contribution is -2.56. The summed E-state index contributed by atoms with van der Waals surface area (Å²) < 4.78 is 1.66. The Balaban J connectivity index is 1.37. The topological polar surface area (TPSA) is 78.9 Å². The molecule has 0 amide bonds. The second kappa shape index (κ2) is 8.22. The molecule has 0 spiro atoms. The van der Waals surface area contributed by atoms with Gasteiger partial charge in [-0.15, -0.1) is 0 Å². The minimum Gasteiger partial charge on any atom is -0.390 e. The molecule has 0 bridgehead atoms. The monoisotopic (exact) mass is 451 g/mol. The Hall–Kier alpha value is -1.67. The number of carbonyl (C=O) groups is 1. The number of hydrogen-bond donors (Lipinski definition) is 1. The van der Waals surface area contributed by atoms with Gasteiger partial charge in [-0.25, -0.2) is 0 Å². The molecule has 0 saturated heterocycles. The lowest BCUT2D eigenvalue weighted by Gasteiger charge is -2.62. The number of aliphatic hydroxyl groups is 1. The first-order chi connectivity index (χ1) is 15.7. The quantitative estimate of drug-likeness (QED) is 0.657. The molecule has 5 heteroatoms. The summed E-state index contributed by atoms with van der Waals surface area (Å²) in [6, 6.07) is 2.11. The van der Waals surface area contributed by atoms with Crippen LogP contribution in [0, 0.1) is 51.8 Å². The molecule has 1 aromatic rings. The average molecular weight is 452 g/mol. The van der Waals surface area contributed by atoms with Crippen molar-refractivity contribution in [1.82, 2.24) is 9.78 Å². The van der Waals surface area contributed by atoms with Gasteiger partial charge in [0.2, 0.25) is 0 Å². The summed E-state index contributed by atoms with van der Waals surface area (Å²) >= 11 is 0. The fourth-order valence-electron chi connectivity index (χ4n) is 9.24. The Morgan fingerprint density at radius 3 is 2.64 bits per heavy atom. The van der Waals surface area contributed by atoms with Crippen LogP contribution in [-0.4, -0.2) is 26.3 Å². The lowest BCUT2D eigenvalue weighted by atomic mass is 9.42. The molecule has 0 unspecified atom stereocenters. The molecule has 4 fully saturated rings. The van der Waals surface area contributed by atoms with E-state index in [4.69, 9.17) is 5.26 Å². The van der Waals surface area contributed by atoms with Gasteiger partial charge in [0.15, 0.2) is 5.78 Å². The molecule has 8 atom stereocenters. The third-order valence-corrected chi connectivity index (χ3v) is 10.9. The Bertz CT molecular complexity index is 945. The van der Waals surface area contributed by atoms with Gasteiger partial charge in [-0.05, 0) is 99.2 Å². The maximum absolute atomic E-state index is 13.5. The van der Waals surface area contributed by atoms with E-state index < -0.39 is 5.60 Å². The van der Waals surface area contributed by atoms with Gasteiger partial charge < -0.3 is 5.11 Å². The first-order valence-electron chi connectivity index (χ1n) is 13.3. The zero-order chi connectivity index (χ0) is 23.4. The summed E-state index contributed by atoms with van der Waals surface area (Å²) in [5.74, 6) is 3.13. The van der Waals surface area contributed by atoms with Gasteiger partial charge in [-0.3, -0.25) is 9.48 Å². The summed E-state index contributed by atoms with van der Waals surface area (Å²) in [7, 11) is 0. The summed E-state index contributed by atoms with van der Waals surface area (Å²) in [6.07, 6.45) is 15.8. The minimum absolute atomic E-state index is 0.0845. The molecule has 1 heterocycles. The van der Waals surface area contributed by atoms with Crippen molar-refractivity contribution >= 4 is 5.78 Å². The molecule has 0 aromatic carbocycles. The predicted molar refractivity (Wildman–Crippen MR) is 127 cm³/mol. The molecule has 180 valence electrons. The second-order valence-corrected chi connectivity index (χ2v) is 12.7. The summed E-state index contributed by atoms with van der Waals surface area (Å²) in [6.45, 7) is 7.32. The highest BCUT2D eigenvalue weighted by atomic mass is 16.3. The molecule has 0 aliphatic heterocycles. The standard InChI is InChI=1S/C28H41N3O2/c1-26(33)11-5-12-27(2)20(14-26)8-9-21-22-6-4-7-24(28(22,3)13-10-23(21)27)25(32)18-31-17-19(15-29)16-30-31/h16-17,20-24,33H,4-14,18H2,1-3H3/t20-,21-,22-,23-,24-,26+,27-,28-/m0/s1. The number of Topliss-reactive ketones (excluding diaryl/α,β-unsaturated/α-hetero) is 1. The van der Waals surface area contributed by atoms with Gasteiger partial charge >= 0.3 is 0 Å². The number of nitriles is 1. The number of hydrogen-bond acceptors (Lipinski definition) is 4. The zero-order valence-corrected chi connectivity index (χ0v) is 20.7. The van der Waals surface area contributed by atoms with E-state index in [0.717, 1.165) is 50.4 Å². The fraction of sp³-hybridized carbons (Fsp3) is 0.821. The van der Waals surface area contributed by atoms with E-state index in [1.54, 1.807) is 17.1 Å². The van der Waals surface area contributed by atoms with E-state index in [9.17, 15) is 9.90 Å². The van der Waals surface area contributed by atoms with E-state index >= 15 is 0 Å². The zero-order valence-electron chi connectivity index (χ0n) is 20.7. The van der Waals surface area contributed by atoms with Crippen LogP contribution < -0.4 is 0 Å². The molecule has 4 saturated carbocycles. The van der Waals surface area contributed by atoms with Crippen LogP contribution in [-0.2, 0) is 11.3 Å². The first kappa shape index (κ1) is 23.1. The lowest BCUT2D eigenvalue weighted by molar-refractivity contribution is -0.153. The van der Waals surface area contributed by atoms with Crippen LogP contribution in [0.3, 0.4) is 0 Å². The van der Waals surface area contributed by atoms with Crippen LogP contribution in [0.4, 0.5) is 0 Å². The van der Waals surface area contributed by atoms with Crippen molar-refractivity contribution in [1.29, 1.82) is 5.26 Å². The maximum Gasteiger partial charge on any atom is 0.157 e. The summed E-state index contributed by atoms with van der Waals surface area (Å²) in [5, 5.41) is 24.2.